The third-order valence-electron chi connectivity index (χ3n) is 2.07. The Morgan fingerprint density at radius 1 is 1.56 bits per heavy atom. The summed E-state index contributed by atoms with van der Waals surface area (Å²) in [5.74, 6) is 0. The number of hydrogen-bond acceptors (Lipinski definition) is 3. The normalized spacial score (nSPS) is 19.2. The van der Waals surface area contributed by atoms with E-state index in [1.54, 1.807) is 18.0 Å². The van der Waals surface area contributed by atoms with E-state index < -0.39 is 0 Å². The SMILES string of the molecule is CN(C[C@H]1CO1)Sc1c(Cl)cc(Cl)cc1Br. The summed E-state index contributed by atoms with van der Waals surface area (Å²) in [4.78, 5) is 0.981. The number of hydrogen-bond donors (Lipinski definition) is 0. The first kappa shape index (κ1) is 13.0. The first-order valence-corrected chi connectivity index (χ1v) is 7.03. The smallest absolute Gasteiger partial charge is 0.0945 e. The van der Waals surface area contributed by atoms with E-state index in [1.807, 2.05) is 13.1 Å². The molecule has 1 aliphatic heterocycles. The van der Waals surface area contributed by atoms with Gasteiger partial charge in [0, 0.05) is 16.0 Å². The second kappa shape index (κ2) is 5.46. The van der Waals surface area contributed by atoms with Crippen LogP contribution >= 0.6 is 51.1 Å². The third-order valence-corrected chi connectivity index (χ3v) is 4.67. The van der Waals surface area contributed by atoms with Crippen molar-refractivity contribution < 1.29 is 4.74 Å². The van der Waals surface area contributed by atoms with E-state index in [2.05, 4.69) is 20.2 Å². The Labute approximate surface area is 117 Å². The van der Waals surface area contributed by atoms with E-state index in [0.29, 0.717) is 16.1 Å². The zero-order valence-corrected chi connectivity index (χ0v) is 12.5. The molecule has 0 spiro atoms. The molecular weight excluding hydrogens is 333 g/mol. The van der Waals surface area contributed by atoms with Crippen molar-refractivity contribution in [3.63, 3.8) is 0 Å². The number of benzene rings is 1. The molecule has 0 saturated carbocycles. The summed E-state index contributed by atoms with van der Waals surface area (Å²) in [6.07, 6.45) is 0.377. The minimum Gasteiger partial charge on any atom is -0.372 e. The van der Waals surface area contributed by atoms with Crippen LogP contribution < -0.4 is 0 Å². The molecule has 16 heavy (non-hydrogen) atoms. The molecule has 2 nitrogen and oxygen atoms in total. The molecule has 0 aromatic heterocycles. The largest absolute Gasteiger partial charge is 0.372 e. The van der Waals surface area contributed by atoms with E-state index in [-0.39, 0.29) is 0 Å². The number of epoxide rings is 1. The van der Waals surface area contributed by atoms with Gasteiger partial charge in [0.1, 0.15) is 0 Å². The second-order valence-corrected chi connectivity index (χ2v) is 6.47. The van der Waals surface area contributed by atoms with Crippen LogP contribution in [0.4, 0.5) is 0 Å². The first-order chi connectivity index (χ1) is 7.56. The number of likely N-dealkylation sites (N-methyl/N-ethyl adjacent to an activating group) is 1. The predicted molar refractivity (Wildman–Crippen MR) is 72.4 cm³/mol. The fourth-order valence-electron chi connectivity index (χ4n) is 1.27. The van der Waals surface area contributed by atoms with E-state index in [4.69, 9.17) is 27.9 Å². The molecule has 1 aliphatic rings. The second-order valence-electron chi connectivity index (χ2n) is 3.56. The molecule has 6 heteroatoms. The van der Waals surface area contributed by atoms with Crippen molar-refractivity contribution in [3.8, 4) is 0 Å². The van der Waals surface area contributed by atoms with Crippen molar-refractivity contribution in [2.75, 3.05) is 20.2 Å². The molecule has 0 unspecified atom stereocenters. The van der Waals surface area contributed by atoms with Gasteiger partial charge in [-0.2, -0.15) is 0 Å². The maximum atomic E-state index is 6.14. The highest BCUT2D eigenvalue weighted by Gasteiger charge is 2.25. The van der Waals surface area contributed by atoms with Gasteiger partial charge in [-0.05, 0) is 47.1 Å². The highest BCUT2D eigenvalue weighted by molar-refractivity contribution is 9.10. The van der Waals surface area contributed by atoms with Crippen molar-refractivity contribution in [2.24, 2.45) is 0 Å². The van der Waals surface area contributed by atoms with Gasteiger partial charge in [0.25, 0.3) is 0 Å². The van der Waals surface area contributed by atoms with Crippen molar-refractivity contribution in [2.45, 2.75) is 11.0 Å². The standard InChI is InChI=1S/C10H10BrCl2NOS/c1-14(4-7-5-15-7)16-10-8(11)2-6(12)3-9(10)13/h2-3,7H,4-5H2,1H3/t7-/m0/s1. The Morgan fingerprint density at radius 2 is 2.25 bits per heavy atom. The van der Waals surface area contributed by atoms with Crippen LogP contribution in [0.3, 0.4) is 0 Å². The summed E-state index contributed by atoms with van der Waals surface area (Å²) < 4.78 is 8.20. The summed E-state index contributed by atoms with van der Waals surface area (Å²) in [5, 5.41) is 1.29. The quantitative estimate of drug-likeness (QED) is 0.605. The van der Waals surface area contributed by atoms with Gasteiger partial charge in [-0.1, -0.05) is 23.2 Å². The summed E-state index contributed by atoms with van der Waals surface area (Å²) in [5.41, 5.74) is 0. The van der Waals surface area contributed by atoms with Crippen LogP contribution in [0.25, 0.3) is 0 Å². The Balaban J connectivity index is 2.07. The molecule has 0 bridgehead atoms. The van der Waals surface area contributed by atoms with Crippen LogP contribution in [0.2, 0.25) is 10.0 Å². The first-order valence-electron chi connectivity index (χ1n) is 4.71. The molecule has 0 radical (unpaired) electrons. The summed E-state index contributed by atoms with van der Waals surface area (Å²) in [6.45, 7) is 1.76. The molecule has 0 amide bonds. The lowest BCUT2D eigenvalue weighted by Crippen LogP contribution is -2.15. The third kappa shape index (κ3) is 3.52. The molecule has 1 aromatic rings. The van der Waals surface area contributed by atoms with E-state index in [9.17, 15) is 0 Å². The number of nitrogens with zero attached hydrogens (tertiary/aromatic N) is 1. The average Bonchev–Trinajstić information content (AvgIpc) is 2.95. The van der Waals surface area contributed by atoms with Gasteiger partial charge in [-0.25, -0.2) is 4.31 Å². The van der Waals surface area contributed by atoms with Crippen LogP contribution in [0.1, 0.15) is 0 Å². The maximum Gasteiger partial charge on any atom is 0.0945 e. The van der Waals surface area contributed by atoms with Crippen LogP contribution in [0, 0.1) is 0 Å². The van der Waals surface area contributed by atoms with E-state index in [1.165, 1.54) is 0 Å². The Morgan fingerprint density at radius 3 is 2.81 bits per heavy atom. The van der Waals surface area contributed by atoms with Gasteiger partial charge in [0.15, 0.2) is 0 Å². The Hall–Kier alpha value is 0.550. The summed E-state index contributed by atoms with van der Waals surface area (Å²) in [6, 6.07) is 3.59. The molecule has 88 valence electrons. The number of rotatable bonds is 4. The van der Waals surface area contributed by atoms with E-state index in [0.717, 1.165) is 22.5 Å². The highest BCUT2D eigenvalue weighted by atomic mass is 79.9. The van der Waals surface area contributed by atoms with Gasteiger partial charge in [0.2, 0.25) is 0 Å². The summed E-state index contributed by atoms with van der Waals surface area (Å²) >= 11 is 17.1. The predicted octanol–water partition coefficient (Wildman–Crippen LogP) is 4.09. The zero-order valence-electron chi connectivity index (χ0n) is 8.54. The highest BCUT2D eigenvalue weighted by Crippen LogP contribution is 2.38. The molecule has 1 atom stereocenters. The van der Waals surface area contributed by atoms with E-state index >= 15 is 0 Å². The van der Waals surface area contributed by atoms with Crippen molar-refractivity contribution in [1.29, 1.82) is 0 Å². The monoisotopic (exact) mass is 341 g/mol. The lowest BCUT2D eigenvalue weighted by atomic mass is 10.4. The van der Waals surface area contributed by atoms with Crippen molar-refractivity contribution in [1.82, 2.24) is 4.31 Å². The molecular formula is C10H10BrCl2NOS. The van der Waals surface area contributed by atoms with Gasteiger partial charge >= 0.3 is 0 Å². The lowest BCUT2D eigenvalue weighted by Gasteiger charge is -2.16. The van der Waals surface area contributed by atoms with Gasteiger partial charge in [0.05, 0.1) is 22.6 Å². The topological polar surface area (TPSA) is 15.8 Å². The van der Waals surface area contributed by atoms with Gasteiger partial charge in [-0.3, -0.25) is 0 Å². The van der Waals surface area contributed by atoms with Crippen LogP contribution in [0.15, 0.2) is 21.5 Å². The van der Waals surface area contributed by atoms with Crippen LogP contribution in [-0.2, 0) is 4.74 Å². The Bertz CT molecular complexity index is 377. The molecule has 2 rings (SSSR count). The van der Waals surface area contributed by atoms with Crippen LogP contribution in [0.5, 0.6) is 0 Å². The molecule has 1 fully saturated rings. The zero-order chi connectivity index (χ0) is 11.7. The summed E-state index contributed by atoms with van der Waals surface area (Å²) in [7, 11) is 2.02. The van der Waals surface area contributed by atoms with Crippen molar-refractivity contribution in [3.05, 3.63) is 26.7 Å². The van der Waals surface area contributed by atoms with Crippen molar-refractivity contribution >= 4 is 51.1 Å². The Kier molecular flexibility index (Phi) is 4.44. The number of ether oxygens (including phenoxy) is 1. The maximum absolute atomic E-state index is 6.14. The molecule has 0 aliphatic carbocycles. The average molecular weight is 343 g/mol. The molecule has 1 aromatic carbocycles. The van der Waals surface area contributed by atoms with Crippen LogP contribution in [-0.4, -0.2) is 30.6 Å². The molecule has 0 N–H and O–H groups in total. The lowest BCUT2D eigenvalue weighted by molar-refractivity contribution is 0.373. The molecule has 1 heterocycles. The fraction of sp³-hybridized carbons (Fsp3) is 0.400. The minimum atomic E-state index is 0.377. The molecule has 1 saturated heterocycles. The van der Waals surface area contributed by atoms with Gasteiger partial charge < -0.3 is 4.74 Å². The number of halogens is 3. The van der Waals surface area contributed by atoms with Gasteiger partial charge in [-0.15, -0.1) is 0 Å². The fourth-order valence-corrected chi connectivity index (χ4v) is 3.63. The minimum absolute atomic E-state index is 0.377.